The Morgan fingerprint density at radius 3 is 2.47 bits per heavy atom. The maximum atomic E-state index is 12.6. The van der Waals surface area contributed by atoms with E-state index in [4.69, 9.17) is 0 Å². The number of hydrogen-bond donors (Lipinski definition) is 2. The lowest BCUT2D eigenvalue weighted by atomic mass is 9.96. The molecule has 32 heavy (non-hydrogen) atoms. The van der Waals surface area contributed by atoms with Gasteiger partial charge in [0.2, 0.25) is 0 Å². The summed E-state index contributed by atoms with van der Waals surface area (Å²) in [7, 11) is 2.14. The van der Waals surface area contributed by atoms with E-state index in [2.05, 4.69) is 45.7 Å². The summed E-state index contributed by atoms with van der Waals surface area (Å²) in [5.41, 5.74) is 6.77. The molecule has 2 N–H and O–H groups in total. The number of amides is 2. The zero-order valence-electron chi connectivity index (χ0n) is 19.4. The van der Waals surface area contributed by atoms with Gasteiger partial charge in [-0.05, 0) is 93.1 Å². The molecule has 4 rings (SSSR count). The number of anilines is 2. The minimum Gasteiger partial charge on any atom is -0.374 e. The van der Waals surface area contributed by atoms with Crippen LogP contribution in [-0.4, -0.2) is 49.9 Å². The van der Waals surface area contributed by atoms with Crippen molar-refractivity contribution in [3.63, 3.8) is 0 Å². The molecule has 1 atom stereocenters. The van der Waals surface area contributed by atoms with E-state index in [1.807, 2.05) is 32.0 Å². The highest BCUT2D eigenvalue weighted by Gasteiger charge is 2.26. The average Bonchev–Trinajstić information content (AvgIpc) is 3.31. The quantitative estimate of drug-likeness (QED) is 0.706. The molecule has 1 saturated heterocycles. The Balaban J connectivity index is 1.44. The van der Waals surface area contributed by atoms with Gasteiger partial charge in [0.1, 0.15) is 0 Å². The zero-order valence-corrected chi connectivity index (χ0v) is 19.4. The Hall–Kier alpha value is -2.86. The Morgan fingerprint density at radius 2 is 1.72 bits per heavy atom. The van der Waals surface area contributed by atoms with Gasteiger partial charge >= 0.3 is 11.8 Å². The smallest absolute Gasteiger partial charge is 0.313 e. The molecule has 2 amide bonds. The summed E-state index contributed by atoms with van der Waals surface area (Å²) in [6.07, 6.45) is 4.60. The lowest BCUT2D eigenvalue weighted by molar-refractivity contribution is -0.136. The minimum absolute atomic E-state index is 0.0772. The summed E-state index contributed by atoms with van der Waals surface area (Å²) >= 11 is 0. The van der Waals surface area contributed by atoms with Crippen molar-refractivity contribution in [3.05, 3.63) is 58.7 Å². The number of carbonyl (C=O) groups excluding carboxylic acids is 2. The van der Waals surface area contributed by atoms with Gasteiger partial charge in [0, 0.05) is 31.5 Å². The van der Waals surface area contributed by atoms with Gasteiger partial charge in [0.25, 0.3) is 0 Å². The number of carbonyl (C=O) groups is 2. The fraction of sp³-hybridized carbons (Fsp3) is 0.462. The topological polar surface area (TPSA) is 64.7 Å². The van der Waals surface area contributed by atoms with E-state index in [1.54, 1.807) is 0 Å². The Kier molecular flexibility index (Phi) is 6.80. The van der Waals surface area contributed by atoms with Crippen molar-refractivity contribution < 1.29 is 9.59 Å². The molecule has 0 radical (unpaired) electrons. The number of benzene rings is 2. The molecule has 2 aromatic carbocycles. The highest BCUT2D eigenvalue weighted by molar-refractivity contribution is 6.39. The van der Waals surface area contributed by atoms with Crippen molar-refractivity contribution >= 4 is 23.2 Å². The third kappa shape index (κ3) is 4.96. The van der Waals surface area contributed by atoms with Crippen molar-refractivity contribution in [1.29, 1.82) is 0 Å². The van der Waals surface area contributed by atoms with E-state index in [-0.39, 0.29) is 6.04 Å². The number of rotatable bonds is 5. The standard InChI is InChI=1S/C26H34N4O2/c1-18-8-10-22(15-19(18)2)28-26(32)25(31)27-17-24(30-13-4-5-14-30)21-9-11-23-20(16-21)7-6-12-29(23)3/h8-11,15-16,24H,4-7,12-14,17H2,1-3H3,(H,27,31)(H,28,32)/t24-/m1/s1. The van der Waals surface area contributed by atoms with Crippen LogP contribution in [-0.2, 0) is 16.0 Å². The first kappa shape index (κ1) is 22.3. The first-order valence-electron chi connectivity index (χ1n) is 11.7. The molecule has 2 heterocycles. The SMILES string of the molecule is Cc1ccc(NC(=O)C(=O)NC[C@H](c2ccc3c(c2)CCCN3C)N2CCCC2)cc1C. The Bertz CT molecular complexity index is 997. The van der Waals surface area contributed by atoms with Crippen LogP contribution in [0.5, 0.6) is 0 Å². The molecule has 2 aromatic rings. The van der Waals surface area contributed by atoms with Gasteiger partial charge in [-0.1, -0.05) is 18.2 Å². The third-order valence-corrected chi connectivity index (χ3v) is 6.85. The first-order valence-corrected chi connectivity index (χ1v) is 11.7. The first-order chi connectivity index (χ1) is 15.4. The molecular formula is C26H34N4O2. The van der Waals surface area contributed by atoms with Crippen LogP contribution in [0.2, 0.25) is 0 Å². The molecule has 0 aliphatic carbocycles. The van der Waals surface area contributed by atoms with Crippen molar-refractivity contribution in [2.75, 3.05) is 43.4 Å². The molecule has 2 aliphatic rings. The maximum Gasteiger partial charge on any atom is 0.313 e. The van der Waals surface area contributed by atoms with E-state index >= 15 is 0 Å². The Labute approximate surface area is 191 Å². The summed E-state index contributed by atoms with van der Waals surface area (Å²) in [4.78, 5) is 29.8. The molecule has 0 unspecified atom stereocenters. The summed E-state index contributed by atoms with van der Waals surface area (Å²) in [6.45, 7) is 7.56. The van der Waals surface area contributed by atoms with Crippen molar-refractivity contribution in [2.45, 2.75) is 45.6 Å². The van der Waals surface area contributed by atoms with Crippen LogP contribution < -0.4 is 15.5 Å². The second kappa shape index (κ2) is 9.74. The highest BCUT2D eigenvalue weighted by atomic mass is 16.2. The van der Waals surface area contributed by atoms with E-state index in [9.17, 15) is 9.59 Å². The zero-order chi connectivity index (χ0) is 22.7. The fourth-order valence-corrected chi connectivity index (χ4v) is 4.80. The van der Waals surface area contributed by atoms with Crippen molar-refractivity contribution in [1.82, 2.24) is 10.2 Å². The normalized spacial score (nSPS) is 17.0. The summed E-state index contributed by atoms with van der Waals surface area (Å²) in [5, 5.41) is 5.61. The third-order valence-electron chi connectivity index (χ3n) is 6.85. The number of fused-ring (bicyclic) bond motifs is 1. The number of nitrogens with one attached hydrogen (secondary N) is 2. The summed E-state index contributed by atoms with van der Waals surface area (Å²) < 4.78 is 0. The molecule has 1 fully saturated rings. The van der Waals surface area contributed by atoms with Gasteiger partial charge in [-0.15, -0.1) is 0 Å². The molecule has 2 aliphatic heterocycles. The highest BCUT2D eigenvalue weighted by Crippen LogP contribution is 2.31. The van der Waals surface area contributed by atoms with Crippen LogP contribution in [0.4, 0.5) is 11.4 Å². The van der Waals surface area contributed by atoms with Crippen LogP contribution in [0.3, 0.4) is 0 Å². The second-order valence-corrected chi connectivity index (χ2v) is 9.14. The lowest BCUT2D eigenvalue weighted by Crippen LogP contribution is -2.41. The molecular weight excluding hydrogens is 400 g/mol. The van der Waals surface area contributed by atoms with E-state index in [1.165, 1.54) is 29.7 Å². The van der Waals surface area contributed by atoms with Crippen LogP contribution in [0, 0.1) is 13.8 Å². The monoisotopic (exact) mass is 434 g/mol. The molecule has 0 aromatic heterocycles. The second-order valence-electron chi connectivity index (χ2n) is 9.14. The van der Waals surface area contributed by atoms with Gasteiger partial charge in [-0.3, -0.25) is 14.5 Å². The van der Waals surface area contributed by atoms with Crippen LogP contribution >= 0.6 is 0 Å². The minimum atomic E-state index is -0.625. The maximum absolute atomic E-state index is 12.6. The van der Waals surface area contributed by atoms with Crippen LogP contribution in [0.1, 0.15) is 47.6 Å². The molecule has 6 heteroatoms. The molecule has 0 saturated carbocycles. The van der Waals surface area contributed by atoms with Gasteiger partial charge in [-0.2, -0.15) is 0 Å². The molecule has 0 bridgehead atoms. The average molecular weight is 435 g/mol. The fourth-order valence-electron chi connectivity index (χ4n) is 4.80. The van der Waals surface area contributed by atoms with E-state index in [0.29, 0.717) is 12.2 Å². The number of aryl methyl sites for hydroxylation is 3. The van der Waals surface area contributed by atoms with E-state index in [0.717, 1.165) is 43.6 Å². The largest absolute Gasteiger partial charge is 0.374 e. The molecule has 6 nitrogen and oxygen atoms in total. The number of hydrogen-bond acceptors (Lipinski definition) is 4. The van der Waals surface area contributed by atoms with Gasteiger partial charge in [-0.25, -0.2) is 0 Å². The number of likely N-dealkylation sites (tertiary alicyclic amines) is 1. The summed E-state index contributed by atoms with van der Waals surface area (Å²) in [6, 6.07) is 12.4. The van der Waals surface area contributed by atoms with E-state index < -0.39 is 11.8 Å². The summed E-state index contributed by atoms with van der Waals surface area (Å²) in [5.74, 6) is -1.22. The van der Waals surface area contributed by atoms with Crippen LogP contribution in [0.15, 0.2) is 36.4 Å². The molecule has 170 valence electrons. The lowest BCUT2D eigenvalue weighted by Gasteiger charge is -2.31. The van der Waals surface area contributed by atoms with Gasteiger partial charge in [0.05, 0.1) is 6.04 Å². The van der Waals surface area contributed by atoms with Crippen molar-refractivity contribution in [3.8, 4) is 0 Å². The predicted octanol–water partition coefficient (Wildman–Crippen LogP) is 3.58. The van der Waals surface area contributed by atoms with Crippen LogP contribution in [0.25, 0.3) is 0 Å². The van der Waals surface area contributed by atoms with Crippen molar-refractivity contribution in [2.24, 2.45) is 0 Å². The predicted molar refractivity (Wildman–Crippen MR) is 129 cm³/mol. The Morgan fingerprint density at radius 1 is 0.938 bits per heavy atom. The number of nitrogens with zero attached hydrogens (tertiary/aromatic N) is 2. The van der Waals surface area contributed by atoms with Gasteiger partial charge < -0.3 is 15.5 Å². The van der Waals surface area contributed by atoms with Gasteiger partial charge in [0.15, 0.2) is 0 Å². The molecule has 0 spiro atoms.